The summed E-state index contributed by atoms with van der Waals surface area (Å²) in [6, 6.07) is 3.04. The molecule has 0 radical (unpaired) electrons. The van der Waals surface area contributed by atoms with Crippen molar-refractivity contribution in [2.75, 3.05) is 10.6 Å². The van der Waals surface area contributed by atoms with Crippen molar-refractivity contribution in [2.24, 2.45) is 0 Å². The Morgan fingerprint density at radius 1 is 1.09 bits per heavy atom. The van der Waals surface area contributed by atoms with Gasteiger partial charge in [-0.05, 0) is 6.07 Å². The third-order valence-corrected chi connectivity index (χ3v) is 5.08. The molecular formula is C21H13F5N6O2S. The van der Waals surface area contributed by atoms with E-state index in [4.69, 9.17) is 4.74 Å². The molecular weight excluding hydrogens is 495 g/mol. The van der Waals surface area contributed by atoms with Gasteiger partial charge in [-0.25, -0.2) is 23.7 Å². The quantitative estimate of drug-likeness (QED) is 0.263. The molecule has 0 saturated carbocycles. The average molecular weight is 508 g/mol. The number of rotatable bonds is 7. The van der Waals surface area contributed by atoms with Crippen LogP contribution >= 0.6 is 11.3 Å². The number of carbonyl (C=O) groups excluding carboxylic acids is 1. The first-order chi connectivity index (χ1) is 16.7. The number of pyridine rings is 1. The number of halogens is 5. The maximum atomic E-state index is 14.7. The van der Waals surface area contributed by atoms with Crippen LogP contribution in [0.5, 0.6) is 5.75 Å². The summed E-state index contributed by atoms with van der Waals surface area (Å²) in [7, 11) is 0. The summed E-state index contributed by atoms with van der Waals surface area (Å²) in [6.45, 7) is 0.0179. The Morgan fingerprint density at radius 3 is 2.66 bits per heavy atom. The van der Waals surface area contributed by atoms with E-state index in [1.54, 1.807) is 11.7 Å². The number of amides is 1. The van der Waals surface area contributed by atoms with Gasteiger partial charge in [-0.15, -0.1) is 11.3 Å². The standard InChI is InChI=1S/C21H13F5N6O2S/c22-13-5-17(34-8-11-6-27-10-35-11)14(23)4-15(13)31-20-12-3-18(28-7-16(12)29-9-30-20)32-19(33)1-2-21(24,25)26/h1-7,9-10H,8H2,(H,28,32,33)(H,29,30,31). The number of aromatic nitrogens is 4. The molecule has 0 atom stereocenters. The summed E-state index contributed by atoms with van der Waals surface area (Å²) in [4.78, 5) is 28.2. The van der Waals surface area contributed by atoms with Gasteiger partial charge in [-0.3, -0.25) is 9.78 Å². The molecule has 0 unspecified atom stereocenters. The molecule has 2 N–H and O–H groups in total. The lowest BCUT2D eigenvalue weighted by atomic mass is 10.2. The second-order valence-electron chi connectivity index (χ2n) is 6.82. The van der Waals surface area contributed by atoms with Crippen molar-refractivity contribution < 1.29 is 31.5 Å². The number of ether oxygens (including phenoxy) is 1. The second-order valence-corrected chi connectivity index (χ2v) is 7.79. The van der Waals surface area contributed by atoms with Gasteiger partial charge in [0.2, 0.25) is 5.91 Å². The number of nitrogens with zero attached hydrogens (tertiary/aromatic N) is 4. The SMILES string of the molecule is O=C(C=CC(F)(F)F)Nc1cc2c(Nc3cc(F)c(OCc4cncs4)cc3F)ncnc2cn1. The first kappa shape index (κ1) is 23.9. The van der Waals surface area contributed by atoms with E-state index < -0.39 is 23.7 Å². The van der Waals surface area contributed by atoms with E-state index in [1.807, 2.05) is 0 Å². The Balaban J connectivity index is 1.55. The van der Waals surface area contributed by atoms with Crippen LogP contribution in [-0.2, 0) is 11.4 Å². The van der Waals surface area contributed by atoms with Gasteiger partial charge < -0.3 is 15.4 Å². The van der Waals surface area contributed by atoms with Crippen LogP contribution in [0.15, 0.2) is 54.6 Å². The molecule has 0 spiro atoms. The van der Waals surface area contributed by atoms with Crippen molar-refractivity contribution in [2.45, 2.75) is 12.8 Å². The Morgan fingerprint density at radius 2 is 1.91 bits per heavy atom. The maximum Gasteiger partial charge on any atom is 0.409 e. The smallest absolute Gasteiger partial charge is 0.409 e. The molecule has 0 aliphatic rings. The van der Waals surface area contributed by atoms with Crippen LogP contribution in [-0.4, -0.2) is 32.0 Å². The highest BCUT2D eigenvalue weighted by Gasteiger charge is 2.22. The molecule has 8 nitrogen and oxygen atoms in total. The van der Waals surface area contributed by atoms with Gasteiger partial charge in [0, 0.05) is 35.9 Å². The minimum atomic E-state index is -4.65. The van der Waals surface area contributed by atoms with Gasteiger partial charge in [-0.2, -0.15) is 13.2 Å². The zero-order valence-corrected chi connectivity index (χ0v) is 18.1. The summed E-state index contributed by atoms with van der Waals surface area (Å²) in [5.41, 5.74) is 1.60. The number of benzene rings is 1. The molecule has 4 rings (SSSR count). The maximum absolute atomic E-state index is 14.7. The second kappa shape index (κ2) is 9.97. The number of hydrogen-bond acceptors (Lipinski definition) is 8. The van der Waals surface area contributed by atoms with Crippen molar-refractivity contribution in [1.82, 2.24) is 19.9 Å². The van der Waals surface area contributed by atoms with Gasteiger partial charge in [0.05, 0.1) is 27.8 Å². The summed E-state index contributed by atoms with van der Waals surface area (Å²) in [5.74, 6) is -3.10. The number of nitrogens with one attached hydrogen (secondary N) is 2. The zero-order valence-electron chi connectivity index (χ0n) is 17.3. The zero-order chi connectivity index (χ0) is 25.0. The highest BCUT2D eigenvalue weighted by Crippen LogP contribution is 2.30. The van der Waals surface area contributed by atoms with Crippen molar-refractivity contribution in [1.29, 1.82) is 0 Å². The van der Waals surface area contributed by atoms with Crippen molar-refractivity contribution in [3.8, 4) is 5.75 Å². The number of thiazole rings is 1. The molecule has 1 amide bonds. The minimum Gasteiger partial charge on any atom is -0.485 e. The fourth-order valence-electron chi connectivity index (χ4n) is 2.79. The number of fused-ring (bicyclic) bond motifs is 1. The topological polar surface area (TPSA) is 102 Å². The molecule has 0 bridgehead atoms. The van der Waals surface area contributed by atoms with Crippen molar-refractivity contribution in [3.63, 3.8) is 0 Å². The lowest BCUT2D eigenvalue weighted by Crippen LogP contribution is -2.11. The number of hydrogen-bond donors (Lipinski definition) is 2. The number of anilines is 3. The number of allylic oxidation sites excluding steroid dienone is 1. The lowest BCUT2D eigenvalue weighted by molar-refractivity contribution is -0.112. The first-order valence-corrected chi connectivity index (χ1v) is 10.5. The molecule has 35 heavy (non-hydrogen) atoms. The average Bonchev–Trinajstić information content (AvgIpc) is 3.32. The summed E-state index contributed by atoms with van der Waals surface area (Å²) >= 11 is 1.30. The molecule has 1 aromatic carbocycles. The highest BCUT2D eigenvalue weighted by atomic mass is 32.1. The summed E-state index contributed by atoms with van der Waals surface area (Å²) < 4.78 is 71.2. The van der Waals surface area contributed by atoms with Crippen LogP contribution in [0.25, 0.3) is 10.9 Å². The van der Waals surface area contributed by atoms with E-state index in [0.717, 1.165) is 23.3 Å². The van der Waals surface area contributed by atoms with Gasteiger partial charge in [-0.1, -0.05) is 0 Å². The Labute approximate surface area is 197 Å². The molecule has 0 saturated heterocycles. The number of alkyl halides is 3. The number of carbonyl (C=O) groups is 1. The molecule has 3 heterocycles. The Hall–Kier alpha value is -4.20. The van der Waals surface area contributed by atoms with E-state index in [2.05, 4.69) is 30.6 Å². The van der Waals surface area contributed by atoms with Crippen LogP contribution in [0.3, 0.4) is 0 Å². The van der Waals surface area contributed by atoms with Crippen LogP contribution in [0, 0.1) is 11.6 Å². The minimum absolute atomic E-state index is 0.0179. The third-order valence-electron chi connectivity index (χ3n) is 4.32. The van der Waals surface area contributed by atoms with Crippen molar-refractivity contribution >= 4 is 45.5 Å². The third kappa shape index (κ3) is 6.23. The van der Waals surface area contributed by atoms with E-state index >= 15 is 0 Å². The molecule has 180 valence electrons. The van der Waals surface area contributed by atoms with Crippen LogP contribution in [0.4, 0.5) is 39.3 Å². The Kier molecular flexibility index (Phi) is 6.82. The Bertz CT molecular complexity index is 1400. The van der Waals surface area contributed by atoms with Gasteiger partial charge in [0.15, 0.2) is 17.4 Å². The summed E-state index contributed by atoms with van der Waals surface area (Å²) in [6.07, 6.45) is -0.631. The highest BCUT2D eigenvalue weighted by molar-refractivity contribution is 7.09. The predicted octanol–water partition coefficient (Wildman–Crippen LogP) is 5.14. The molecule has 14 heteroatoms. The van der Waals surface area contributed by atoms with E-state index in [-0.39, 0.29) is 46.7 Å². The van der Waals surface area contributed by atoms with E-state index in [1.165, 1.54) is 23.6 Å². The van der Waals surface area contributed by atoms with E-state index in [0.29, 0.717) is 6.08 Å². The monoisotopic (exact) mass is 508 g/mol. The molecule has 3 aromatic heterocycles. The summed E-state index contributed by atoms with van der Waals surface area (Å²) in [5, 5.41) is 5.06. The van der Waals surface area contributed by atoms with E-state index in [9.17, 15) is 26.7 Å². The fourth-order valence-corrected chi connectivity index (χ4v) is 3.30. The predicted molar refractivity (Wildman–Crippen MR) is 117 cm³/mol. The van der Waals surface area contributed by atoms with Crippen molar-refractivity contribution in [3.05, 3.63) is 71.1 Å². The first-order valence-electron chi connectivity index (χ1n) is 9.62. The molecule has 4 aromatic rings. The normalized spacial score (nSPS) is 11.7. The lowest BCUT2D eigenvalue weighted by Gasteiger charge is -2.12. The largest absolute Gasteiger partial charge is 0.485 e. The van der Waals surface area contributed by atoms with Crippen LogP contribution < -0.4 is 15.4 Å². The fraction of sp³-hybridized carbons (Fsp3) is 0.0952. The van der Waals surface area contributed by atoms with Crippen LogP contribution in [0.2, 0.25) is 0 Å². The molecule has 0 aliphatic carbocycles. The van der Waals surface area contributed by atoms with Gasteiger partial charge in [0.25, 0.3) is 0 Å². The molecule has 0 aliphatic heterocycles. The van der Waals surface area contributed by atoms with Gasteiger partial charge in [0.1, 0.15) is 24.6 Å². The molecule has 0 fully saturated rings. The van der Waals surface area contributed by atoms with Crippen LogP contribution in [0.1, 0.15) is 4.88 Å². The van der Waals surface area contributed by atoms with Gasteiger partial charge >= 0.3 is 6.18 Å².